The van der Waals surface area contributed by atoms with E-state index in [-0.39, 0.29) is 6.04 Å². The number of hydrogen-bond donors (Lipinski definition) is 0. The summed E-state index contributed by atoms with van der Waals surface area (Å²) in [5.74, 6) is 0.609. The van der Waals surface area contributed by atoms with E-state index in [0.29, 0.717) is 32.1 Å². The zero-order valence-electron chi connectivity index (χ0n) is 11.4. The Morgan fingerprint density at radius 3 is 2.75 bits per heavy atom. The zero-order valence-corrected chi connectivity index (χ0v) is 12.2. The van der Waals surface area contributed by atoms with Crippen LogP contribution in [0.3, 0.4) is 0 Å². The molecule has 1 aromatic rings. The van der Waals surface area contributed by atoms with Crippen molar-refractivity contribution in [2.45, 2.75) is 25.7 Å². The number of rotatable bonds is 4. The molecular formula is C11H17F3N4OS. The van der Waals surface area contributed by atoms with E-state index in [4.69, 9.17) is 4.74 Å². The molecule has 1 aromatic heterocycles. The summed E-state index contributed by atoms with van der Waals surface area (Å²) in [6.07, 6.45) is -4.15. The lowest BCUT2D eigenvalue weighted by Gasteiger charge is -2.39. The molecule has 0 amide bonds. The highest BCUT2D eigenvalue weighted by Gasteiger charge is 2.35. The second-order valence-corrected chi connectivity index (χ2v) is 5.54. The van der Waals surface area contributed by atoms with Crippen molar-refractivity contribution < 1.29 is 17.9 Å². The van der Waals surface area contributed by atoms with Crippen molar-refractivity contribution in [3.8, 4) is 0 Å². The highest BCUT2D eigenvalue weighted by Crippen LogP contribution is 2.24. The van der Waals surface area contributed by atoms with Crippen molar-refractivity contribution in [1.29, 1.82) is 0 Å². The Morgan fingerprint density at radius 1 is 1.40 bits per heavy atom. The number of piperazine rings is 1. The maximum atomic E-state index is 12.4. The Bertz CT molecular complexity index is 440. The lowest BCUT2D eigenvalue weighted by atomic mass is 10.2. The summed E-state index contributed by atoms with van der Waals surface area (Å²) in [4.78, 5) is 7.76. The van der Waals surface area contributed by atoms with Crippen LogP contribution in [0.25, 0.3) is 0 Å². The van der Waals surface area contributed by atoms with Gasteiger partial charge in [0.1, 0.15) is 6.61 Å². The first kappa shape index (κ1) is 15.5. The molecule has 1 unspecified atom stereocenters. The van der Waals surface area contributed by atoms with Crippen LogP contribution in [0.15, 0.2) is 0 Å². The van der Waals surface area contributed by atoms with Gasteiger partial charge in [0.2, 0.25) is 5.13 Å². The molecular weight excluding hydrogens is 293 g/mol. The van der Waals surface area contributed by atoms with Crippen LogP contribution >= 0.6 is 11.5 Å². The highest BCUT2D eigenvalue weighted by molar-refractivity contribution is 7.09. The molecule has 0 aliphatic carbocycles. The molecule has 1 fully saturated rings. The molecule has 1 saturated heterocycles. The van der Waals surface area contributed by atoms with Crippen molar-refractivity contribution in [1.82, 2.24) is 14.3 Å². The number of ether oxygens (including phenoxy) is 1. The molecule has 9 heteroatoms. The monoisotopic (exact) mass is 310 g/mol. The van der Waals surface area contributed by atoms with Crippen molar-refractivity contribution in [3.05, 3.63) is 5.82 Å². The largest absolute Gasteiger partial charge is 0.401 e. The summed E-state index contributed by atoms with van der Waals surface area (Å²) in [7, 11) is 1.57. The molecule has 0 spiro atoms. The Morgan fingerprint density at radius 2 is 2.15 bits per heavy atom. The Kier molecular flexibility index (Phi) is 4.82. The first-order chi connectivity index (χ1) is 9.39. The normalized spacial score (nSPS) is 21.4. The number of hydrogen-bond acceptors (Lipinski definition) is 6. The number of nitrogens with zero attached hydrogens (tertiary/aromatic N) is 4. The van der Waals surface area contributed by atoms with E-state index in [9.17, 15) is 13.2 Å². The fourth-order valence-electron chi connectivity index (χ4n) is 2.20. The molecule has 114 valence electrons. The minimum absolute atomic E-state index is 0.167. The number of halogens is 3. The number of anilines is 1. The third-order valence-corrected chi connectivity index (χ3v) is 3.96. The molecule has 1 aliphatic rings. The van der Waals surface area contributed by atoms with Gasteiger partial charge in [-0.15, -0.1) is 0 Å². The molecule has 0 N–H and O–H groups in total. The Balaban J connectivity index is 1.94. The third-order valence-electron chi connectivity index (χ3n) is 3.15. The fourth-order valence-corrected chi connectivity index (χ4v) is 2.90. The molecule has 1 aliphatic heterocycles. The van der Waals surface area contributed by atoms with Crippen LogP contribution in [0.4, 0.5) is 18.3 Å². The van der Waals surface area contributed by atoms with E-state index in [1.165, 1.54) is 16.4 Å². The van der Waals surface area contributed by atoms with Gasteiger partial charge in [-0.05, 0) is 6.92 Å². The molecule has 0 bridgehead atoms. The maximum absolute atomic E-state index is 12.4. The third kappa shape index (κ3) is 4.03. The highest BCUT2D eigenvalue weighted by atomic mass is 32.1. The van der Waals surface area contributed by atoms with Gasteiger partial charge in [-0.25, -0.2) is 4.98 Å². The first-order valence-corrected chi connectivity index (χ1v) is 7.03. The van der Waals surface area contributed by atoms with E-state index in [2.05, 4.69) is 9.36 Å². The topological polar surface area (TPSA) is 41.5 Å². The van der Waals surface area contributed by atoms with Gasteiger partial charge in [-0.3, -0.25) is 4.90 Å². The van der Waals surface area contributed by atoms with Crippen molar-refractivity contribution in [2.75, 3.05) is 38.2 Å². The van der Waals surface area contributed by atoms with Gasteiger partial charge in [-0.2, -0.15) is 17.5 Å². The van der Waals surface area contributed by atoms with Gasteiger partial charge in [0.15, 0.2) is 5.82 Å². The summed E-state index contributed by atoms with van der Waals surface area (Å²) in [5.41, 5.74) is 0. The van der Waals surface area contributed by atoms with Gasteiger partial charge in [0.25, 0.3) is 0 Å². The molecule has 20 heavy (non-hydrogen) atoms. The van der Waals surface area contributed by atoms with Crippen LogP contribution in [-0.2, 0) is 11.3 Å². The van der Waals surface area contributed by atoms with Crippen LogP contribution in [0.2, 0.25) is 0 Å². The van der Waals surface area contributed by atoms with Crippen LogP contribution < -0.4 is 4.90 Å². The van der Waals surface area contributed by atoms with Gasteiger partial charge in [-0.1, -0.05) is 0 Å². The molecule has 1 atom stereocenters. The van der Waals surface area contributed by atoms with Crippen molar-refractivity contribution in [2.24, 2.45) is 0 Å². The SMILES string of the molecule is COCc1nsc(N2CCN(CC(F)(F)F)C(C)C2)n1. The Hall–Kier alpha value is -0.930. The van der Waals surface area contributed by atoms with E-state index >= 15 is 0 Å². The molecule has 0 aromatic carbocycles. The quantitative estimate of drug-likeness (QED) is 0.847. The summed E-state index contributed by atoms with van der Waals surface area (Å²) in [6.45, 7) is 2.72. The smallest absolute Gasteiger partial charge is 0.377 e. The van der Waals surface area contributed by atoms with Crippen LogP contribution in [0, 0.1) is 0 Å². The molecule has 2 rings (SSSR count). The standard InChI is InChI=1S/C11H17F3N4OS/c1-8-5-17(3-4-18(8)7-11(12,13)14)10-15-9(6-19-2)16-20-10/h8H,3-7H2,1-2H3. The lowest BCUT2D eigenvalue weighted by Crippen LogP contribution is -2.54. The summed E-state index contributed by atoms with van der Waals surface area (Å²) < 4.78 is 46.4. The Labute approximate surface area is 119 Å². The van der Waals surface area contributed by atoms with E-state index in [1.54, 1.807) is 14.0 Å². The molecule has 2 heterocycles. The van der Waals surface area contributed by atoms with E-state index < -0.39 is 12.7 Å². The van der Waals surface area contributed by atoms with Gasteiger partial charge in [0.05, 0.1) is 6.54 Å². The van der Waals surface area contributed by atoms with Crippen LogP contribution in [-0.4, -0.2) is 59.8 Å². The van der Waals surface area contributed by atoms with Crippen LogP contribution in [0.1, 0.15) is 12.7 Å². The predicted octanol–water partition coefficient (Wildman–Crippen LogP) is 1.76. The predicted molar refractivity (Wildman–Crippen MR) is 69.9 cm³/mol. The minimum atomic E-state index is -4.15. The van der Waals surface area contributed by atoms with Crippen LogP contribution in [0.5, 0.6) is 0 Å². The van der Waals surface area contributed by atoms with E-state index in [1.807, 2.05) is 4.90 Å². The molecule has 5 nitrogen and oxygen atoms in total. The average molecular weight is 310 g/mol. The maximum Gasteiger partial charge on any atom is 0.401 e. The molecule has 0 saturated carbocycles. The lowest BCUT2D eigenvalue weighted by molar-refractivity contribution is -0.150. The fraction of sp³-hybridized carbons (Fsp3) is 0.818. The summed E-state index contributed by atoms with van der Waals surface area (Å²) in [6, 6.07) is -0.167. The second-order valence-electron chi connectivity index (χ2n) is 4.81. The number of aromatic nitrogens is 2. The average Bonchev–Trinajstić information content (AvgIpc) is 2.79. The summed E-state index contributed by atoms with van der Waals surface area (Å²) >= 11 is 1.26. The molecule has 0 radical (unpaired) electrons. The second kappa shape index (κ2) is 6.23. The number of alkyl halides is 3. The first-order valence-electron chi connectivity index (χ1n) is 6.26. The zero-order chi connectivity index (χ0) is 14.8. The van der Waals surface area contributed by atoms with Gasteiger partial charge < -0.3 is 9.64 Å². The van der Waals surface area contributed by atoms with Gasteiger partial charge >= 0.3 is 6.18 Å². The van der Waals surface area contributed by atoms with Crippen molar-refractivity contribution in [3.63, 3.8) is 0 Å². The number of methoxy groups -OCH3 is 1. The summed E-state index contributed by atoms with van der Waals surface area (Å²) in [5, 5.41) is 0.746. The van der Waals surface area contributed by atoms with Gasteiger partial charge in [0, 0.05) is 44.3 Å². The van der Waals surface area contributed by atoms with Crippen molar-refractivity contribution >= 4 is 16.7 Å². The minimum Gasteiger partial charge on any atom is -0.377 e. The van der Waals surface area contributed by atoms with E-state index in [0.717, 1.165) is 5.13 Å².